The normalized spacial score (nSPS) is 10.6. The molecule has 0 saturated carbocycles. The Kier molecular flexibility index (Phi) is 5.85. The van der Waals surface area contributed by atoms with Gasteiger partial charge in [0.2, 0.25) is 11.9 Å². The maximum absolute atomic E-state index is 5.47. The Morgan fingerprint density at radius 1 is 1.14 bits per heavy atom. The van der Waals surface area contributed by atoms with Gasteiger partial charge in [-0.2, -0.15) is 15.0 Å². The number of imidazole rings is 1. The monoisotopic (exact) mass is 294 g/mol. The minimum absolute atomic E-state index is 0.230. The standard InChI is InChI=1S/C12H18N6O3/c1-13-10-15-11(18-4-3-14-9-18)17-12(16-10)21-8-7-20-6-5-19-2/h3-4,9H,5-8H2,1-2H3,(H,13,15,16,17). The van der Waals surface area contributed by atoms with Gasteiger partial charge in [-0.25, -0.2) is 4.98 Å². The molecule has 21 heavy (non-hydrogen) atoms. The summed E-state index contributed by atoms with van der Waals surface area (Å²) in [5.74, 6) is 0.853. The number of nitrogens with one attached hydrogen (secondary N) is 1. The SMILES string of the molecule is CNc1nc(OCCOCCOC)nc(-n2ccnc2)n1. The van der Waals surface area contributed by atoms with Gasteiger partial charge in [0.15, 0.2) is 0 Å². The zero-order chi connectivity index (χ0) is 14.9. The van der Waals surface area contributed by atoms with Crippen LogP contribution < -0.4 is 10.1 Å². The lowest BCUT2D eigenvalue weighted by Crippen LogP contribution is -2.13. The zero-order valence-corrected chi connectivity index (χ0v) is 12.0. The van der Waals surface area contributed by atoms with Crippen LogP contribution in [0.5, 0.6) is 6.01 Å². The summed E-state index contributed by atoms with van der Waals surface area (Å²) in [4.78, 5) is 16.5. The van der Waals surface area contributed by atoms with E-state index in [9.17, 15) is 0 Å². The van der Waals surface area contributed by atoms with E-state index in [2.05, 4.69) is 25.3 Å². The molecule has 0 fully saturated rings. The minimum atomic E-state index is 0.230. The molecule has 0 aliphatic carbocycles. The lowest BCUT2D eigenvalue weighted by Gasteiger charge is -2.08. The first-order valence-electron chi connectivity index (χ1n) is 6.45. The van der Waals surface area contributed by atoms with Gasteiger partial charge in [0.25, 0.3) is 0 Å². The van der Waals surface area contributed by atoms with E-state index in [1.165, 1.54) is 0 Å². The van der Waals surface area contributed by atoms with E-state index < -0.39 is 0 Å². The van der Waals surface area contributed by atoms with E-state index in [4.69, 9.17) is 14.2 Å². The van der Waals surface area contributed by atoms with Crippen molar-refractivity contribution in [1.82, 2.24) is 24.5 Å². The van der Waals surface area contributed by atoms with E-state index in [0.29, 0.717) is 38.3 Å². The number of anilines is 1. The summed E-state index contributed by atoms with van der Waals surface area (Å²) in [6, 6.07) is 0.230. The molecule has 0 radical (unpaired) electrons. The van der Waals surface area contributed by atoms with Crippen molar-refractivity contribution < 1.29 is 14.2 Å². The summed E-state index contributed by atoms with van der Waals surface area (Å²) >= 11 is 0. The van der Waals surface area contributed by atoms with Crippen LogP contribution in [0.3, 0.4) is 0 Å². The molecule has 0 aliphatic heterocycles. The second-order valence-corrected chi connectivity index (χ2v) is 3.92. The van der Waals surface area contributed by atoms with Crippen LogP contribution in [-0.4, -0.2) is 65.1 Å². The third-order valence-electron chi connectivity index (χ3n) is 2.45. The van der Waals surface area contributed by atoms with Crippen LogP contribution in [-0.2, 0) is 9.47 Å². The van der Waals surface area contributed by atoms with Crippen molar-refractivity contribution >= 4 is 5.95 Å². The Hall–Kier alpha value is -2.26. The molecule has 1 N–H and O–H groups in total. The summed E-state index contributed by atoms with van der Waals surface area (Å²) in [5.41, 5.74) is 0. The molecule has 0 atom stereocenters. The van der Waals surface area contributed by atoms with Crippen LogP contribution in [0.25, 0.3) is 5.95 Å². The van der Waals surface area contributed by atoms with Crippen LogP contribution in [0.1, 0.15) is 0 Å². The summed E-state index contributed by atoms with van der Waals surface area (Å²) in [5, 5.41) is 2.86. The van der Waals surface area contributed by atoms with Gasteiger partial charge in [-0.05, 0) is 0 Å². The van der Waals surface area contributed by atoms with Gasteiger partial charge in [0, 0.05) is 26.6 Å². The predicted molar refractivity (Wildman–Crippen MR) is 74.7 cm³/mol. The second-order valence-electron chi connectivity index (χ2n) is 3.92. The fourth-order valence-corrected chi connectivity index (χ4v) is 1.45. The van der Waals surface area contributed by atoms with Crippen LogP contribution in [0.2, 0.25) is 0 Å². The number of aromatic nitrogens is 5. The average molecular weight is 294 g/mol. The van der Waals surface area contributed by atoms with Crippen molar-refractivity contribution in [3.05, 3.63) is 18.7 Å². The molecule has 0 bridgehead atoms. The first-order valence-corrected chi connectivity index (χ1v) is 6.45. The van der Waals surface area contributed by atoms with Gasteiger partial charge >= 0.3 is 6.01 Å². The summed E-state index contributed by atoms with van der Waals surface area (Å²) in [7, 11) is 3.35. The fourth-order valence-electron chi connectivity index (χ4n) is 1.45. The molecular weight excluding hydrogens is 276 g/mol. The highest BCUT2D eigenvalue weighted by Gasteiger charge is 2.08. The van der Waals surface area contributed by atoms with E-state index in [-0.39, 0.29) is 6.01 Å². The lowest BCUT2D eigenvalue weighted by atomic mass is 10.7. The molecule has 0 amide bonds. The van der Waals surface area contributed by atoms with Gasteiger partial charge in [-0.15, -0.1) is 0 Å². The van der Waals surface area contributed by atoms with Gasteiger partial charge < -0.3 is 19.5 Å². The first-order chi connectivity index (χ1) is 10.3. The maximum atomic E-state index is 5.47. The molecule has 0 aromatic carbocycles. The van der Waals surface area contributed by atoms with Gasteiger partial charge in [-0.1, -0.05) is 0 Å². The number of hydrogen-bond acceptors (Lipinski definition) is 8. The maximum Gasteiger partial charge on any atom is 0.323 e. The predicted octanol–water partition coefficient (Wildman–Crippen LogP) is 0.141. The highest BCUT2D eigenvalue weighted by molar-refractivity contribution is 5.29. The number of ether oxygens (including phenoxy) is 3. The molecule has 2 aromatic rings. The Bertz CT molecular complexity index is 534. The van der Waals surface area contributed by atoms with Crippen molar-refractivity contribution in [1.29, 1.82) is 0 Å². The largest absolute Gasteiger partial charge is 0.461 e. The average Bonchev–Trinajstić information content (AvgIpc) is 3.05. The number of hydrogen-bond donors (Lipinski definition) is 1. The highest BCUT2D eigenvalue weighted by Crippen LogP contribution is 2.10. The van der Waals surface area contributed by atoms with Crippen molar-refractivity contribution in [2.45, 2.75) is 0 Å². The molecule has 0 unspecified atom stereocenters. The molecule has 0 aliphatic rings. The van der Waals surface area contributed by atoms with Crippen LogP contribution >= 0.6 is 0 Å². The Morgan fingerprint density at radius 2 is 2.00 bits per heavy atom. The van der Waals surface area contributed by atoms with Crippen LogP contribution in [0.4, 0.5) is 5.95 Å². The molecular formula is C12H18N6O3. The number of rotatable bonds is 9. The summed E-state index contributed by atoms with van der Waals surface area (Å²) < 4.78 is 17.3. The molecule has 0 spiro atoms. The summed E-state index contributed by atoms with van der Waals surface area (Å²) in [6.45, 7) is 1.87. The summed E-state index contributed by atoms with van der Waals surface area (Å²) in [6.07, 6.45) is 4.99. The van der Waals surface area contributed by atoms with Crippen LogP contribution in [0, 0.1) is 0 Å². The molecule has 114 valence electrons. The third kappa shape index (κ3) is 4.65. The number of methoxy groups -OCH3 is 1. The molecule has 0 saturated heterocycles. The van der Waals surface area contributed by atoms with Crippen LogP contribution in [0.15, 0.2) is 18.7 Å². The molecule has 9 nitrogen and oxygen atoms in total. The van der Waals surface area contributed by atoms with Crippen molar-refractivity contribution in [3.8, 4) is 12.0 Å². The van der Waals surface area contributed by atoms with Crippen molar-refractivity contribution in [2.24, 2.45) is 0 Å². The van der Waals surface area contributed by atoms with E-state index >= 15 is 0 Å². The fraction of sp³-hybridized carbons (Fsp3) is 0.500. The van der Waals surface area contributed by atoms with E-state index in [1.807, 2.05) is 0 Å². The smallest absolute Gasteiger partial charge is 0.323 e. The molecule has 2 aromatic heterocycles. The quantitative estimate of drug-likeness (QED) is 0.652. The van der Waals surface area contributed by atoms with Gasteiger partial charge in [-0.3, -0.25) is 4.57 Å². The molecule has 9 heteroatoms. The van der Waals surface area contributed by atoms with Crippen molar-refractivity contribution in [2.75, 3.05) is 45.9 Å². The lowest BCUT2D eigenvalue weighted by molar-refractivity contribution is 0.0528. The van der Waals surface area contributed by atoms with E-state index in [0.717, 1.165) is 0 Å². The van der Waals surface area contributed by atoms with Gasteiger partial charge in [0.05, 0.1) is 19.8 Å². The zero-order valence-electron chi connectivity index (χ0n) is 12.0. The topological polar surface area (TPSA) is 96.2 Å². The third-order valence-corrected chi connectivity index (χ3v) is 2.45. The highest BCUT2D eigenvalue weighted by atomic mass is 16.5. The second kappa shape index (κ2) is 8.12. The Morgan fingerprint density at radius 3 is 2.71 bits per heavy atom. The number of nitrogens with zero attached hydrogens (tertiary/aromatic N) is 5. The van der Waals surface area contributed by atoms with Crippen molar-refractivity contribution in [3.63, 3.8) is 0 Å². The van der Waals surface area contributed by atoms with Gasteiger partial charge in [0.1, 0.15) is 12.9 Å². The molecule has 2 heterocycles. The minimum Gasteiger partial charge on any atom is -0.461 e. The van der Waals surface area contributed by atoms with E-state index in [1.54, 1.807) is 37.4 Å². The first kappa shape index (κ1) is 15.1. The Balaban J connectivity index is 1.94. The Labute approximate surface area is 122 Å². The molecule has 2 rings (SSSR count).